The molecular weight excluding hydrogens is 470 g/mol. The lowest BCUT2D eigenvalue weighted by molar-refractivity contribution is 0.207. The number of allylic oxidation sites excluding steroid dienone is 6. The van der Waals surface area contributed by atoms with Crippen LogP contribution in [-0.4, -0.2) is 46.2 Å². The highest BCUT2D eigenvalue weighted by Crippen LogP contribution is 2.30. The summed E-state index contributed by atoms with van der Waals surface area (Å²) in [4.78, 5) is 22.1. The van der Waals surface area contributed by atoms with Crippen molar-refractivity contribution < 1.29 is 0 Å². The number of nitriles is 1. The van der Waals surface area contributed by atoms with E-state index in [1.807, 2.05) is 19.1 Å². The van der Waals surface area contributed by atoms with Crippen LogP contribution in [0.25, 0.3) is 11.0 Å². The van der Waals surface area contributed by atoms with Gasteiger partial charge in [-0.1, -0.05) is 60.8 Å². The minimum Gasteiger partial charge on any atom is -0.364 e. The van der Waals surface area contributed by atoms with Crippen LogP contribution >= 0.6 is 0 Å². The molecule has 0 aromatic carbocycles. The maximum Gasteiger partial charge on any atom is 0.252 e. The average molecular weight is 510 g/mol. The van der Waals surface area contributed by atoms with E-state index in [0.29, 0.717) is 17.8 Å². The van der Waals surface area contributed by atoms with Gasteiger partial charge in [-0.05, 0) is 57.9 Å². The molecule has 3 rings (SSSR count). The topological polar surface area (TPSA) is 65.2 Å². The van der Waals surface area contributed by atoms with Gasteiger partial charge in [-0.2, -0.15) is 5.26 Å². The predicted molar refractivity (Wildman–Crippen MR) is 159 cm³/mol. The second kappa shape index (κ2) is 12.5. The molecule has 1 aliphatic heterocycles. The quantitative estimate of drug-likeness (QED) is 0.418. The molecule has 6 heteroatoms. The summed E-state index contributed by atoms with van der Waals surface area (Å²) in [7, 11) is 1.74. The minimum atomic E-state index is -0.0914. The number of nitrogens with zero attached hydrogens (tertiary/aromatic N) is 5. The van der Waals surface area contributed by atoms with E-state index in [-0.39, 0.29) is 17.6 Å². The van der Waals surface area contributed by atoms with Gasteiger partial charge in [0, 0.05) is 38.8 Å². The van der Waals surface area contributed by atoms with E-state index in [1.165, 1.54) is 11.1 Å². The minimum absolute atomic E-state index is 0.0250. The van der Waals surface area contributed by atoms with Crippen molar-refractivity contribution in [2.75, 3.05) is 24.5 Å². The number of rotatable bonds is 8. The van der Waals surface area contributed by atoms with Crippen LogP contribution < -0.4 is 10.5 Å². The normalized spacial score (nSPS) is 17.9. The molecule has 0 radical (unpaired) electrons. The first kappa shape index (κ1) is 28.6. The summed E-state index contributed by atoms with van der Waals surface area (Å²) >= 11 is 0. The molecule has 0 amide bonds. The van der Waals surface area contributed by atoms with Gasteiger partial charge in [0.2, 0.25) is 0 Å². The zero-order valence-corrected chi connectivity index (χ0v) is 23.5. The molecule has 3 heterocycles. The summed E-state index contributed by atoms with van der Waals surface area (Å²) in [6, 6.07) is 7.37. The van der Waals surface area contributed by atoms with E-state index in [9.17, 15) is 10.1 Å². The third kappa shape index (κ3) is 6.30. The number of piperazine rings is 1. The fraction of sp³-hybridized carbons (Fsp3) is 0.344. The molecule has 1 aliphatic rings. The zero-order chi connectivity index (χ0) is 28.0. The van der Waals surface area contributed by atoms with Crippen LogP contribution in [0, 0.1) is 11.3 Å². The standard InChI is InChI=1S/C32H39N5O/c1-9-25(13-11-22(3)4)32(26(10-2)14-12-23(5)6)36-17-18-37(24(7)21-36)29-19-30(38)35(8)28-16-15-27(20-33)34-31(28)29/h9-16,19,24,32H,1,5,17-18,21H2,2-4,6-8H3/b14-12-,25-13+,26-10?. The van der Waals surface area contributed by atoms with Crippen molar-refractivity contribution in [1.82, 2.24) is 14.5 Å². The molecule has 0 bridgehead atoms. The summed E-state index contributed by atoms with van der Waals surface area (Å²) in [5.74, 6) is 0. The lowest BCUT2D eigenvalue weighted by atomic mass is 9.93. The van der Waals surface area contributed by atoms with Gasteiger partial charge in [0.1, 0.15) is 17.3 Å². The van der Waals surface area contributed by atoms with E-state index < -0.39 is 0 Å². The number of anilines is 1. The fourth-order valence-corrected chi connectivity index (χ4v) is 4.90. The van der Waals surface area contributed by atoms with Crippen molar-refractivity contribution in [1.29, 1.82) is 5.26 Å². The molecule has 2 aromatic rings. The highest BCUT2D eigenvalue weighted by atomic mass is 16.1. The molecule has 2 aromatic heterocycles. The first-order valence-electron chi connectivity index (χ1n) is 13.0. The lowest BCUT2D eigenvalue weighted by Gasteiger charge is -2.45. The Morgan fingerprint density at radius 2 is 1.92 bits per heavy atom. The summed E-state index contributed by atoms with van der Waals surface area (Å²) < 4.78 is 1.58. The maximum absolute atomic E-state index is 12.8. The van der Waals surface area contributed by atoms with Crippen molar-refractivity contribution in [3.05, 3.63) is 106 Å². The lowest BCUT2D eigenvalue weighted by Crippen LogP contribution is -2.56. The number of hydrogen-bond acceptors (Lipinski definition) is 5. The van der Waals surface area contributed by atoms with Crippen LogP contribution in [0.2, 0.25) is 0 Å². The van der Waals surface area contributed by atoms with Crippen molar-refractivity contribution in [2.45, 2.75) is 46.7 Å². The van der Waals surface area contributed by atoms with Crippen molar-refractivity contribution in [3.63, 3.8) is 0 Å². The smallest absolute Gasteiger partial charge is 0.252 e. The molecule has 0 spiro atoms. The summed E-state index contributed by atoms with van der Waals surface area (Å²) in [5, 5.41) is 9.44. The molecule has 2 unspecified atom stereocenters. The van der Waals surface area contributed by atoms with Crippen LogP contribution in [0.15, 0.2) is 94.9 Å². The third-order valence-corrected chi connectivity index (χ3v) is 6.89. The number of pyridine rings is 2. The number of aromatic nitrogens is 2. The molecule has 1 fully saturated rings. The van der Waals surface area contributed by atoms with Gasteiger partial charge >= 0.3 is 0 Å². The Morgan fingerprint density at radius 1 is 1.18 bits per heavy atom. The average Bonchev–Trinajstić information content (AvgIpc) is 2.89. The Balaban J connectivity index is 2.04. The van der Waals surface area contributed by atoms with Crippen LogP contribution in [0.5, 0.6) is 0 Å². The molecule has 0 saturated carbocycles. The Kier molecular flexibility index (Phi) is 9.44. The number of hydrogen-bond donors (Lipinski definition) is 0. The zero-order valence-electron chi connectivity index (χ0n) is 23.5. The van der Waals surface area contributed by atoms with Gasteiger partial charge in [0.25, 0.3) is 5.56 Å². The van der Waals surface area contributed by atoms with Gasteiger partial charge < -0.3 is 9.47 Å². The largest absolute Gasteiger partial charge is 0.364 e. The van der Waals surface area contributed by atoms with Gasteiger partial charge in [-0.15, -0.1) is 0 Å². The first-order chi connectivity index (χ1) is 18.1. The molecule has 2 atom stereocenters. The van der Waals surface area contributed by atoms with E-state index in [2.05, 4.69) is 86.0 Å². The van der Waals surface area contributed by atoms with E-state index in [0.717, 1.165) is 35.4 Å². The Bertz CT molecular complexity index is 1440. The summed E-state index contributed by atoms with van der Waals surface area (Å²) in [6.07, 6.45) is 12.6. The Morgan fingerprint density at radius 3 is 2.50 bits per heavy atom. The summed E-state index contributed by atoms with van der Waals surface area (Å²) in [5.41, 5.74) is 6.96. The third-order valence-electron chi connectivity index (χ3n) is 6.89. The molecule has 6 nitrogen and oxygen atoms in total. The van der Waals surface area contributed by atoms with Crippen LogP contribution in [0.3, 0.4) is 0 Å². The first-order valence-corrected chi connectivity index (χ1v) is 13.0. The van der Waals surface area contributed by atoms with Gasteiger partial charge in [-0.3, -0.25) is 9.69 Å². The van der Waals surface area contributed by atoms with Crippen LogP contribution in [-0.2, 0) is 7.05 Å². The monoisotopic (exact) mass is 509 g/mol. The highest BCUT2D eigenvalue weighted by Gasteiger charge is 2.32. The molecule has 38 heavy (non-hydrogen) atoms. The maximum atomic E-state index is 12.8. The number of aryl methyl sites for hydroxylation is 1. The van der Waals surface area contributed by atoms with E-state index >= 15 is 0 Å². The number of fused-ring (bicyclic) bond motifs is 1. The highest BCUT2D eigenvalue weighted by molar-refractivity contribution is 5.89. The Hall–Kier alpha value is -3.95. The SMILES string of the molecule is C=C/C(=C\C=C(C)C)C(C(=CC)/C=C\C(=C)C)N1CCN(c2cc(=O)n(C)c3ccc(C#N)nc23)C(C)C1. The Labute approximate surface area is 226 Å². The van der Waals surface area contributed by atoms with Crippen LogP contribution in [0.1, 0.15) is 40.3 Å². The molecule has 1 saturated heterocycles. The molecular formula is C32H39N5O. The van der Waals surface area contributed by atoms with Gasteiger partial charge in [0.05, 0.1) is 17.2 Å². The van der Waals surface area contributed by atoms with Crippen LogP contribution in [0.4, 0.5) is 5.69 Å². The molecule has 198 valence electrons. The van der Waals surface area contributed by atoms with Crippen molar-refractivity contribution in [3.8, 4) is 6.07 Å². The van der Waals surface area contributed by atoms with E-state index in [4.69, 9.17) is 0 Å². The van der Waals surface area contributed by atoms with Crippen molar-refractivity contribution in [2.24, 2.45) is 7.05 Å². The van der Waals surface area contributed by atoms with E-state index in [1.54, 1.807) is 29.8 Å². The second-order valence-corrected chi connectivity index (χ2v) is 10.1. The summed E-state index contributed by atoms with van der Waals surface area (Å²) in [6.45, 7) is 20.9. The fourth-order valence-electron chi connectivity index (χ4n) is 4.90. The van der Waals surface area contributed by atoms with Crippen molar-refractivity contribution >= 4 is 16.7 Å². The van der Waals surface area contributed by atoms with Gasteiger partial charge in [-0.25, -0.2) is 4.98 Å². The second-order valence-electron chi connectivity index (χ2n) is 10.1. The van der Waals surface area contributed by atoms with Gasteiger partial charge in [0.15, 0.2) is 0 Å². The molecule has 0 aliphatic carbocycles. The predicted octanol–water partition coefficient (Wildman–Crippen LogP) is 5.84. The molecule has 0 N–H and O–H groups in total.